The Kier molecular flexibility index (Phi) is 6.64. The smallest absolute Gasteiger partial charge is 0.354 e. The van der Waals surface area contributed by atoms with Crippen LogP contribution in [-0.4, -0.2) is 54.6 Å². The van der Waals surface area contributed by atoms with Crippen LogP contribution in [0.5, 0.6) is 0 Å². The van der Waals surface area contributed by atoms with Crippen LogP contribution in [0.3, 0.4) is 0 Å². The lowest BCUT2D eigenvalue weighted by Gasteiger charge is -2.35. The highest BCUT2D eigenvalue weighted by molar-refractivity contribution is 5.78. The number of halogens is 3. The van der Waals surface area contributed by atoms with E-state index in [4.69, 9.17) is 0 Å². The van der Waals surface area contributed by atoms with Crippen molar-refractivity contribution in [3.8, 4) is 0 Å². The van der Waals surface area contributed by atoms with Gasteiger partial charge in [0.05, 0.1) is 12.1 Å². The molecule has 1 atom stereocenters. The molecule has 1 aliphatic rings. The highest BCUT2D eigenvalue weighted by atomic mass is 19.4. The Labute approximate surface area is 146 Å². The Hall–Kier alpha value is -1.83. The van der Waals surface area contributed by atoms with E-state index >= 15 is 0 Å². The number of rotatable bonds is 6. The summed E-state index contributed by atoms with van der Waals surface area (Å²) < 4.78 is 37.7. The van der Waals surface area contributed by atoms with Crippen LogP contribution in [-0.2, 0) is 11.0 Å². The number of nitrogens with zero attached hydrogens (tertiary/aromatic N) is 3. The molecule has 2 rings (SSSR count). The summed E-state index contributed by atoms with van der Waals surface area (Å²) in [7, 11) is 0. The van der Waals surface area contributed by atoms with Gasteiger partial charge in [-0.2, -0.15) is 13.2 Å². The maximum Gasteiger partial charge on any atom is 0.417 e. The fourth-order valence-electron chi connectivity index (χ4n) is 2.90. The van der Waals surface area contributed by atoms with Gasteiger partial charge in [0.2, 0.25) is 5.91 Å². The number of carbonyl (C=O) groups excluding carboxylic acids is 1. The van der Waals surface area contributed by atoms with Gasteiger partial charge in [-0.15, -0.1) is 0 Å². The standard InChI is InChI=1S/C17H25F3N4O/c1-3-4-13(2)22-16(25)12-23-7-9-24(10-8-23)15-6-5-14(11-21-15)17(18,19)20/h5-6,11,13H,3-4,7-10,12H2,1-2H3,(H,22,25). The maximum atomic E-state index is 12.6. The summed E-state index contributed by atoms with van der Waals surface area (Å²) in [6.07, 6.45) is -1.52. The van der Waals surface area contributed by atoms with E-state index in [9.17, 15) is 18.0 Å². The van der Waals surface area contributed by atoms with Crippen molar-refractivity contribution in [1.29, 1.82) is 0 Å². The summed E-state index contributed by atoms with van der Waals surface area (Å²) in [6, 6.07) is 2.63. The first-order valence-corrected chi connectivity index (χ1v) is 8.59. The summed E-state index contributed by atoms with van der Waals surface area (Å²) in [5, 5.41) is 2.98. The number of nitrogens with one attached hydrogen (secondary N) is 1. The first kappa shape index (κ1) is 19.5. The van der Waals surface area contributed by atoms with Crippen molar-refractivity contribution in [3.05, 3.63) is 23.9 Å². The molecule has 1 saturated heterocycles. The maximum absolute atomic E-state index is 12.6. The molecule has 8 heteroatoms. The molecular weight excluding hydrogens is 333 g/mol. The lowest BCUT2D eigenvalue weighted by atomic mass is 10.2. The van der Waals surface area contributed by atoms with Gasteiger partial charge in [0, 0.05) is 38.4 Å². The Balaban J connectivity index is 1.80. The first-order valence-electron chi connectivity index (χ1n) is 8.59. The number of piperazine rings is 1. The Morgan fingerprint density at radius 1 is 1.28 bits per heavy atom. The van der Waals surface area contributed by atoms with Gasteiger partial charge in [0.1, 0.15) is 5.82 Å². The lowest BCUT2D eigenvalue weighted by Crippen LogP contribution is -2.50. The van der Waals surface area contributed by atoms with Crippen molar-refractivity contribution in [2.24, 2.45) is 0 Å². The second-order valence-electron chi connectivity index (χ2n) is 6.42. The molecule has 1 N–H and O–H groups in total. The topological polar surface area (TPSA) is 48.5 Å². The van der Waals surface area contributed by atoms with Gasteiger partial charge >= 0.3 is 6.18 Å². The third-order valence-electron chi connectivity index (χ3n) is 4.27. The summed E-state index contributed by atoms with van der Waals surface area (Å²) in [4.78, 5) is 19.9. The van der Waals surface area contributed by atoms with Crippen molar-refractivity contribution < 1.29 is 18.0 Å². The zero-order valence-electron chi connectivity index (χ0n) is 14.6. The molecule has 25 heavy (non-hydrogen) atoms. The van der Waals surface area contributed by atoms with Crippen molar-refractivity contribution in [3.63, 3.8) is 0 Å². The van der Waals surface area contributed by atoms with Crippen molar-refractivity contribution in [2.45, 2.75) is 38.9 Å². The number of aromatic nitrogens is 1. The van der Waals surface area contributed by atoms with Crippen LogP contribution in [0.25, 0.3) is 0 Å². The van der Waals surface area contributed by atoms with Gasteiger partial charge in [0.25, 0.3) is 0 Å². The largest absolute Gasteiger partial charge is 0.417 e. The summed E-state index contributed by atoms with van der Waals surface area (Å²) in [5.74, 6) is 0.552. The molecular formula is C17H25F3N4O. The molecule has 1 fully saturated rings. The molecule has 0 radical (unpaired) electrons. The Bertz CT molecular complexity index is 554. The fraction of sp³-hybridized carbons (Fsp3) is 0.647. The molecule has 5 nitrogen and oxygen atoms in total. The second kappa shape index (κ2) is 8.51. The predicted molar refractivity (Wildman–Crippen MR) is 90.4 cm³/mol. The molecule has 2 heterocycles. The van der Waals surface area contributed by atoms with E-state index in [-0.39, 0.29) is 11.9 Å². The minimum atomic E-state index is -4.37. The van der Waals surface area contributed by atoms with Gasteiger partial charge in [0.15, 0.2) is 0 Å². The third-order valence-corrected chi connectivity index (χ3v) is 4.27. The minimum absolute atomic E-state index is 0.0158. The van der Waals surface area contributed by atoms with Crippen LogP contribution in [0, 0.1) is 0 Å². The second-order valence-corrected chi connectivity index (χ2v) is 6.42. The van der Waals surface area contributed by atoms with E-state index in [0.29, 0.717) is 38.5 Å². The lowest BCUT2D eigenvalue weighted by molar-refractivity contribution is -0.137. The van der Waals surface area contributed by atoms with Crippen molar-refractivity contribution in [2.75, 3.05) is 37.6 Å². The molecule has 0 saturated carbocycles. The third kappa shape index (κ3) is 5.88. The number of alkyl halides is 3. The van der Waals surface area contributed by atoms with E-state index < -0.39 is 11.7 Å². The van der Waals surface area contributed by atoms with Crippen LogP contribution in [0.15, 0.2) is 18.3 Å². The number of amides is 1. The van der Waals surface area contributed by atoms with Crippen LogP contribution >= 0.6 is 0 Å². The molecule has 1 aromatic rings. The summed E-state index contributed by atoms with van der Waals surface area (Å²) >= 11 is 0. The van der Waals surface area contributed by atoms with Crippen LogP contribution in [0.4, 0.5) is 19.0 Å². The van der Waals surface area contributed by atoms with Gasteiger partial charge < -0.3 is 10.2 Å². The van der Waals surface area contributed by atoms with Gasteiger partial charge in [-0.3, -0.25) is 9.69 Å². The number of carbonyl (C=O) groups is 1. The van der Waals surface area contributed by atoms with Gasteiger partial charge in [-0.05, 0) is 25.5 Å². The average Bonchev–Trinajstić information content (AvgIpc) is 2.55. The van der Waals surface area contributed by atoms with E-state index in [0.717, 1.165) is 25.1 Å². The zero-order chi connectivity index (χ0) is 18.4. The molecule has 0 spiro atoms. The molecule has 0 bridgehead atoms. The average molecular weight is 358 g/mol. The number of hydrogen-bond acceptors (Lipinski definition) is 4. The van der Waals surface area contributed by atoms with Crippen LogP contribution < -0.4 is 10.2 Å². The predicted octanol–water partition coefficient (Wildman–Crippen LogP) is 2.53. The molecule has 1 aliphatic heterocycles. The van der Waals surface area contributed by atoms with Gasteiger partial charge in [-0.25, -0.2) is 4.98 Å². The van der Waals surface area contributed by atoms with E-state index in [1.807, 2.05) is 11.8 Å². The normalized spacial score (nSPS) is 17.4. The SMILES string of the molecule is CCCC(C)NC(=O)CN1CCN(c2ccc(C(F)(F)F)cn2)CC1. The minimum Gasteiger partial charge on any atom is -0.354 e. The molecule has 1 unspecified atom stereocenters. The molecule has 1 aromatic heterocycles. The van der Waals surface area contributed by atoms with Crippen molar-refractivity contribution >= 4 is 11.7 Å². The zero-order valence-corrected chi connectivity index (χ0v) is 14.6. The van der Waals surface area contributed by atoms with E-state index in [1.165, 1.54) is 6.07 Å². The highest BCUT2D eigenvalue weighted by Gasteiger charge is 2.31. The summed E-state index contributed by atoms with van der Waals surface area (Å²) in [5.41, 5.74) is -0.743. The molecule has 140 valence electrons. The molecule has 0 aliphatic carbocycles. The monoisotopic (exact) mass is 358 g/mol. The number of anilines is 1. The first-order chi connectivity index (χ1) is 11.8. The van der Waals surface area contributed by atoms with Crippen molar-refractivity contribution in [1.82, 2.24) is 15.2 Å². The van der Waals surface area contributed by atoms with Gasteiger partial charge in [-0.1, -0.05) is 13.3 Å². The van der Waals surface area contributed by atoms with E-state index in [1.54, 1.807) is 0 Å². The summed E-state index contributed by atoms with van der Waals surface area (Å²) in [6.45, 7) is 7.05. The number of pyridine rings is 1. The van der Waals surface area contributed by atoms with Crippen LogP contribution in [0.1, 0.15) is 32.3 Å². The Morgan fingerprint density at radius 3 is 2.48 bits per heavy atom. The fourth-order valence-corrected chi connectivity index (χ4v) is 2.90. The number of hydrogen-bond donors (Lipinski definition) is 1. The van der Waals surface area contributed by atoms with E-state index in [2.05, 4.69) is 22.1 Å². The highest BCUT2D eigenvalue weighted by Crippen LogP contribution is 2.29. The quantitative estimate of drug-likeness (QED) is 0.849. The molecule has 1 amide bonds. The Morgan fingerprint density at radius 2 is 1.96 bits per heavy atom. The van der Waals surface area contributed by atoms with Crippen LogP contribution in [0.2, 0.25) is 0 Å². The molecule has 0 aromatic carbocycles.